The van der Waals surface area contributed by atoms with Crippen LogP contribution in [0.1, 0.15) is 22.3 Å². The Hall–Kier alpha value is -3.00. The highest BCUT2D eigenvalue weighted by Crippen LogP contribution is 2.62. The van der Waals surface area contributed by atoms with Crippen molar-refractivity contribution in [1.82, 2.24) is 0 Å². The largest absolute Gasteiger partial charge is 0.481 e. The lowest BCUT2D eigenvalue weighted by molar-refractivity contribution is -0.178. The molecule has 0 fully saturated rings. The molecular formula is C24H18BrNO5. The van der Waals surface area contributed by atoms with E-state index in [1.165, 1.54) is 0 Å². The van der Waals surface area contributed by atoms with E-state index in [-0.39, 0.29) is 5.56 Å². The molecule has 0 heterocycles. The minimum Gasteiger partial charge on any atom is -0.481 e. The molecule has 3 aliphatic rings. The molecular weight excluding hydrogens is 462 g/mol. The number of aliphatic carboxylic acids is 1. The lowest BCUT2D eigenvalue weighted by atomic mass is 9.49. The van der Waals surface area contributed by atoms with Crippen LogP contribution in [0.4, 0.5) is 5.69 Å². The van der Waals surface area contributed by atoms with E-state index in [2.05, 4.69) is 21.2 Å². The summed E-state index contributed by atoms with van der Waals surface area (Å²) >= 11 is 3.37. The summed E-state index contributed by atoms with van der Waals surface area (Å²) in [6.07, 6.45) is 0. The molecule has 0 spiro atoms. The van der Waals surface area contributed by atoms with Gasteiger partial charge in [0.15, 0.2) is 0 Å². The van der Waals surface area contributed by atoms with Gasteiger partial charge < -0.3 is 20.6 Å². The lowest BCUT2D eigenvalue weighted by Gasteiger charge is -2.57. The average Bonchev–Trinajstić information content (AvgIpc) is 2.75. The van der Waals surface area contributed by atoms with E-state index in [9.17, 15) is 24.9 Å². The third-order valence-corrected chi connectivity index (χ3v) is 6.87. The van der Waals surface area contributed by atoms with Crippen LogP contribution in [-0.2, 0) is 20.8 Å². The Bertz CT molecular complexity index is 1230. The van der Waals surface area contributed by atoms with Gasteiger partial charge in [0, 0.05) is 10.2 Å². The van der Waals surface area contributed by atoms with Crippen molar-refractivity contribution in [2.75, 3.05) is 5.32 Å². The van der Waals surface area contributed by atoms with Crippen LogP contribution >= 0.6 is 15.9 Å². The van der Waals surface area contributed by atoms with Crippen LogP contribution in [-0.4, -0.2) is 27.2 Å². The van der Waals surface area contributed by atoms with Gasteiger partial charge in [-0.25, -0.2) is 0 Å². The molecule has 3 aromatic carbocycles. The Kier molecular flexibility index (Phi) is 4.34. The number of fused-ring (bicyclic) bond motifs is 1. The van der Waals surface area contributed by atoms with Crippen molar-refractivity contribution in [2.24, 2.45) is 11.8 Å². The first-order valence-corrected chi connectivity index (χ1v) is 10.5. The molecule has 3 aromatic rings. The summed E-state index contributed by atoms with van der Waals surface area (Å²) in [5.41, 5.74) is -2.24. The minimum absolute atomic E-state index is 0.277. The van der Waals surface area contributed by atoms with Gasteiger partial charge in [0.2, 0.25) is 5.91 Å². The molecule has 6 nitrogen and oxygen atoms in total. The number of hydrogen-bond acceptors (Lipinski definition) is 4. The number of aliphatic hydroxyl groups is 2. The molecule has 6 rings (SSSR count). The van der Waals surface area contributed by atoms with Crippen LogP contribution < -0.4 is 5.32 Å². The zero-order valence-electron chi connectivity index (χ0n) is 16.1. The van der Waals surface area contributed by atoms with E-state index in [1.54, 1.807) is 72.8 Å². The van der Waals surface area contributed by atoms with Gasteiger partial charge in [0.1, 0.15) is 17.1 Å². The molecule has 7 heteroatoms. The number of rotatable bonds is 3. The van der Waals surface area contributed by atoms with Gasteiger partial charge in [-0.2, -0.15) is 0 Å². The van der Waals surface area contributed by atoms with Crippen molar-refractivity contribution in [3.8, 4) is 0 Å². The minimum atomic E-state index is -2.00. The molecule has 0 aromatic heterocycles. The maximum absolute atomic E-state index is 13.5. The second-order valence-corrected chi connectivity index (χ2v) is 8.83. The van der Waals surface area contributed by atoms with Crippen molar-refractivity contribution in [3.05, 3.63) is 99.5 Å². The lowest BCUT2D eigenvalue weighted by Crippen LogP contribution is -2.65. The predicted octanol–water partition coefficient (Wildman–Crippen LogP) is 3.20. The normalized spacial score (nSPS) is 27.8. The summed E-state index contributed by atoms with van der Waals surface area (Å²) in [5, 5.41) is 37.0. The number of benzene rings is 3. The first kappa shape index (κ1) is 19.9. The molecule has 4 atom stereocenters. The zero-order chi connectivity index (χ0) is 22.0. The summed E-state index contributed by atoms with van der Waals surface area (Å²) in [6, 6.07) is 20.2. The smallest absolute Gasteiger partial charge is 0.311 e. The van der Waals surface area contributed by atoms with E-state index in [4.69, 9.17) is 0 Å². The summed E-state index contributed by atoms with van der Waals surface area (Å²) < 4.78 is 0.628. The van der Waals surface area contributed by atoms with Crippen LogP contribution in [0.15, 0.2) is 77.3 Å². The highest BCUT2D eigenvalue weighted by molar-refractivity contribution is 9.10. The number of para-hydroxylation sites is 1. The monoisotopic (exact) mass is 479 g/mol. The molecule has 0 aliphatic heterocycles. The van der Waals surface area contributed by atoms with Crippen LogP contribution in [0.25, 0.3) is 0 Å². The molecule has 0 radical (unpaired) electrons. The maximum Gasteiger partial charge on any atom is 0.311 e. The van der Waals surface area contributed by atoms with Gasteiger partial charge in [0.05, 0.1) is 5.92 Å². The Morgan fingerprint density at radius 2 is 1.32 bits per heavy atom. The fourth-order valence-electron chi connectivity index (χ4n) is 5.16. The Labute approximate surface area is 186 Å². The molecule has 4 unspecified atom stereocenters. The van der Waals surface area contributed by atoms with Crippen molar-refractivity contribution in [3.63, 3.8) is 0 Å². The first-order valence-electron chi connectivity index (χ1n) is 9.73. The van der Waals surface area contributed by atoms with Crippen molar-refractivity contribution < 1.29 is 24.9 Å². The number of anilines is 1. The van der Waals surface area contributed by atoms with Gasteiger partial charge in [-0.1, -0.05) is 64.5 Å². The zero-order valence-corrected chi connectivity index (χ0v) is 17.7. The third kappa shape index (κ3) is 2.57. The standard InChI is InChI=1S/C24H18BrNO5/c25-13-10-11-17-18(12-13)24(31)16-9-5-4-8-15(16)23(17,30)19(20(24)22(28)29)21(27)26-14-6-2-1-3-7-14/h1-12,19-20,30-31H,(H,26,27)(H,28,29). The predicted molar refractivity (Wildman–Crippen MR) is 116 cm³/mol. The number of carboxylic acids is 1. The molecule has 4 N–H and O–H groups in total. The second-order valence-electron chi connectivity index (χ2n) is 7.92. The van der Waals surface area contributed by atoms with E-state index in [0.717, 1.165) is 0 Å². The molecule has 3 aliphatic carbocycles. The average molecular weight is 480 g/mol. The fourth-order valence-corrected chi connectivity index (χ4v) is 5.52. The number of carbonyl (C=O) groups is 2. The molecule has 0 saturated carbocycles. The number of nitrogens with one attached hydrogen (secondary N) is 1. The van der Waals surface area contributed by atoms with Crippen LogP contribution in [0.3, 0.4) is 0 Å². The van der Waals surface area contributed by atoms with Crippen LogP contribution in [0, 0.1) is 11.8 Å². The van der Waals surface area contributed by atoms with Gasteiger partial charge in [-0.05, 0) is 46.5 Å². The number of carbonyl (C=O) groups excluding carboxylic acids is 1. The second kappa shape index (κ2) is 6.75. The fraction of sp³-hybridized carbons (Fsp3) is 0.167. The molecule has 0 saturated heterocycles. The van der Waals surface area contributed by atoms with E-state index < -0.39 is 34.9 Å². The third-order valence-electron chi connectivity index (χ3n) is 6.37. The van der Waals surface area contributed by atoms with Crippen molar-refractivity contribution in [2.45, 2.75) is 11.2 Å². The van der Waals surface area contributed by atoms with E-state index in [0.29, 0.717) is 26.9 Å². The Balaban J connectivity index is 1.79. The van der Waals surface area contributed by atoms with E-state index in [1.807, 2.05) is 0 Å². The first-order chi connectivity index (χ1) is 14.8. The van der Waals surface area contributed by atoms with E-state index >= 15 is 0 Å². The molecule has 1 amide bonds. The summed E-state index contributed by atoms with van der Waals surface area (Å²) in [5.74, 6) is -5.10. The molecule has 2 bridgehead atoms. The van der Waals surface area contributed by atoms with Crippen molar-refractivity contribution in [1.29, 1.82) is 0 Å². The highest BCUT2D eigenvalue weighted by atomic mass is 79.9. The van der Waals surface area contributed by atoms with Gasteiger partial charge in [0.25, 0.3) is 0 Å². The summed E-state index contributed by atoms with van der Waals surface area (Å²) in [6.45, 7) is 0. The van der Waals surface area contributed by atoms with Crippen molar-refractivity contribution >= 4 is 33.5 Å². The summed E-state index contributed by atoms with van der Waals surface area (Å²) in [7, 11) is 0. The number of hydrogen-bond donors (Lipinski definition) is 4. The van der Waals surface area contributed by atoms with Gasteiger partial charge in [-0.3, -0.25) is 9.59 Å². The van der Waals surface area contributed by atoms with Crippen LogP contribution in [0.2, 0.25) is 0 Å². The maximum atomic E-state index is 13.5. The number of halogens is 1. The number of carboxylic acid groups (broad SMARTS) is 1. The summed E-state index contributed by atoms with van der Waals surface area (Å²) in [4.78, 5) is 26.0. The SMILES string of the molecule is O=C(O)C1C(C(=O)Nc2ccccc2)C2(O)c3ccccc3C1(O)c1cc(Br)ccc12. The quantitative estimate of drug-likeness (QED) is 0.461. The highest BCUT2D eigenvalue weighted by Gasteiger charge is 2.69. The number of amides is 1. The molecule has 156 valence electrons. The topological polar surface area (TPSA) is 107 Å². The van der Waals surface area contributed by atoms with Gasteiger partial charge in [-0.15, -0.1) is 0 Å². The molecule has 31 heavy (non-hydrogen) atoms. The van der Waals surface area contributed by atoms with Crippen LogP contribution in [0.5, 0.6) is 0 Å². The van der Waals surface area contributed by atoms with Gasteiger partial charge >= 0.3 is 5.97 Å². The Morgan fingerprint density at radius 1 is 0.774 bits per heavy atom. The Morgan fingerprint density at radius 3 is 1.94 bits per heavy atom.